The van der Waals surface area contributed by atoms with Gasteiger partial charge in [-0.15, -0.1) is 0 Å². The third kappa shape index (κ3) is 6.06. The van der Waals surface area contributed by atoms with Gasteiger partial charge in [0.15, 0.2) is 0 Å². The van der Waals surface area contributed by atoms with Gasteiger partial charge in [-0.1, -0.05) is 84.9 Å². The summed E-state index contributed by atoms with van der Waals surface area (Å²) in [6.45, 7) is 8.65. The Balaban J connectivity index is 1.57. The molecule has 34 heavy (non-hydrogen) atoms. The lowest BCUT2D eigenvalue weighted by Gasteiger charge is -2.32. The molecule has 0 radical (unpaired) electrons. The molecular formula is C30H36N2O2. The van der Waals surface area contributed by atoms with E-state index in [1.54, 1.807) is 0 Å². The Morgan fingerprint density at radius 2 is 1.62 bits per heavy atom. The number of hydrogen-bond donors (Lipinski definition) is 1. The summed E-state index contributed by atoms with van der Waals surface area (Å²) in [5.41, 5.74) is 4.36. The van der Waals surface area contributed by atoms with E-state index < -0.39 is 5.60 Å². The monoisotopic (exact) mass is 456 g/mol. The van der Waals surface area contributed by atoms with Gasteiger partial charge in [-0.25, -0.2) is 4.79 Å². The number of hydrogen-bond acceptors (Lipinski definition) is 3. The summed E-state index contributed by atoms with van der Waals surface area (Å²) in [7, 11) is 0. The van der Waals surface area contributed by atoms with E-state index in [9.17, 15) is 4.79 Å². The highest BCUT2D eigenvalue weighted by atomic mass is 16.6. The van der Waals surface area contributed by atoms with Crippen LogP contribution in [0.25, 0.3) is 11.1 Å². The second-order valence-corrected chi connectivity index (χ2v) is 10.2. The standard InChI is InChI=1S/C30H36N2O2/c1-22(24-13-7-5-8-14-24)31-27-18-19-32(29(33)34-30(2,3)4)28(27)21-23-12-11-17-26(20-23)25-15-9-6-10-16-25/h5-17,20,22,27-28,31H,18-19,21H2,1-4H3/t22?,27-,28-/m0/s1. The van der Waals surface area contributed by atoms with Crippen molar-refractivity contribution in [2.75, 3.05) is 6.54 Å². The van der Waals surface area contributed by atoms with E-state index in [2.05, 4.69) is 85.0 Å². The molecule has 4 nitrogen and oxygen atoms in total. The molecule has 1 fully saturated rings. The van der Waals surface area contributed by atoms with Crippen LogP contribution in [0.2, 0.25) is 0 Å². The van der Waals surface area contributed by atoms with Gasteiger partial charge < -0.3 is 15.0 Å². The number of nitrogens with zero attached hydrogens (tertiary/aromatic N) is 1. The summed E-state index contributed by atoms with van der Waals surface area (Å²) < 4.78 is 5.78. The second-order valence-electron chi connectivity index (χ2n) is 10.2. The van der Waals surface area contributed by atoms with Crippen molar-refractivity contribution in [3.05, 3.63) is 96.1 Å². The van der Waals surface area contributed by atoms with Crippen LogP contribution in [0.5, 0.6) is 0 Å². The summed E-state index contributed by atoms with van der Waals surface area (Å²) >= 11 is 0. The minimum absolute atomic E-state index is 0.0204. The molecule has 0 saturated carbocycles. The number of carbonyl (C=O) groups excluding carboxylic acids is 1. The normalized spacial score (nSPS) is 19.1. The topological polar surface area (TPSA) is 41.6 Å². The molecule has 0 aromatic heterocycles. The van der Waals surface area contributed by atoms with E-state index >= 15 is 0 Å². The van der Waals surface area contributed by atoms with Crippen molar-refractivity contribution in [2.24, 2.45) is 0 Å². The van der Waals surface area contributed by atoms with Gasteiger partial charge in [0, 0.05) is 18.6 Å². The molecule has 4 heteroatoms. The fourth-order valence-corrected chi connectivity index (χ4v) is 4.76. The zero-order valence-corrected chi connectivity index (χ0v) is 20.7. The summed E-state index contributed by atoms with van der Waals surface area (Å²) in [5, 5.41) is 3.81. The first-order valence-corrected chi connectivity index (χ1v) is 12.2. The van der Waals surface area contributed by atoms with Gasteiger partial charge >= 0.3 is 6.09 Å². The second kappa shape index (κ2) is 10.4. The maximum atomic E-state index is 13.1. The quantitative estimate of drug-likeness (QED) is 0.453. The Morgan fingerprint density at radius 3 is 2.29 bits per heavy atom. The molecule has 3 aromatic carbocycles. The molecule has 1 aliphatic rings. The minimum Gasteiger partial charge on any atom is -0.444 e. The van der Waals surface area contributed by atoms with Crippen LogP contribution in [0.1, 0.15) is 51.3 Å². The lowest BCUT2D eigenvalue weighted by atomic mass is 9.96. The van der Waals surface area contributed by atoms with Gasteiger partial charge in [-0.3, -0.25) is 0 Å². The molecule has 178 valence electrons. The molecule has 3 atom stereocenters. The van der Waals surface area contributed by atoms with Crippen molar-refractivity contribution in [1.82, 2.24) is 10.2 Å². The first-order valence-electron chi connectivity index (χ1n) is 12.2. The SMILES string of the molecule is CC(N[C@H]1CCN(C(=O)OC(C)(C)C)[C@H]1Cc1cccc(-c2ccccc2)c1)c1ccccc1. The number of amides is 1. The summed E-state index contributed by atoms with van der Waals surface area (Å²) in [6, 6.07) is 30.0. The van der Waals surface area contributed by atoms with E-state index in [1.807, 2.05) is 37.8 Å². The van der Waals surface area contributed by atoms with Crippen molar-refractivity contribution in [3.8, 4) is 11.1 Å². The average molecular weight is 457 g/mol. The van der Waals surface area contributed by atoms with Crippen LogP contribution in [0.4, 0.5) is 4.79 Å². The highest BCUT2D eigenvalue weighted by molar-refractivity contribution is 5.69. The van der Waals surface area contributed by atoms with E-state index in [4.69, 9.17) is 4.74 Å². The minimum atomic E-state index is -0.516. The number of benzene rings is 3. The molecule has 3 aromatic rings. The van der Waals surface area contributed by atoms with Gasteiger partial charge in [0.2, 0.25) is 0 Å². The highest BCUT2D eigenvalue weighted by Gasteiger charge is 2.39. The highest BCUT2D eigenvalue weighted by Crippen LogP contribution is 2.28. The van der Waals surface area contributed by atoms with E-state index in [1.165, 1.54) is 22.3 Å². The van der Waals surface area contributed by atoms with Gasteiger partial charge in [-0.05, 0) is 62.8 Å². The average Bonchev–Trinajstić information content (AvgIpc) is 3.21. The third-order valence-electron chi connectivity index (χ3n) is 6.42. The van der Waals surface area contributed by atoms with Crippen molar-refractivity contribution < 1.29 is 9.53 Å². The van der Waals surface area contributed by atoms with E-state index in [-0.39, 0.29) is 24.2 Å². The van der Waals surface area contributed by atoms with Crippen molar-refractivity contribution in [2.45, 2.75) is 64.3 Å². The van der Waals surface area contributed by atoms with Crippen LogP contribution >= 0.6 is 0 Å². The molecule has 0 spiro atoms. The first kappa shape index (κ1) is 24.0. The molecule has 1 N–H and O–H groups in total. The number of rotatable bonds is 6. The lowest BCUT2D eigenvalue weighted by molar-refractivity contribution is 0.0214. The molecule has 0 aliphatic carbocycles. The third-order valence-corrected chi connectivity index (χ3v) is 6.42. The Kier molecular flexibility index (Phi) is 7.38. The fraction of sp³-hybridized carbons (Fsp3) is 0.367. The van der Waals surface area contributed by atoms with Gasteiger partial charge in [0.25, 0.3) is 0 Å². The van der Waals surface area contributed by atoms with Crippen LogP contribution in [-0.2, 0) is 11.2 Å². The summed E-state index contributed by atoms with van der Waals surface area (Å²) in [5.74, 6) is 0. The molecule has 1 amide bonds. The summed E-state index contributed by atoms with van der Waals surface area (Å²) in [6.07, 6.45) is 1.45. The van der Waals surface area contributed by atoms with Crippen molar-refractivity contribution in [1.29, 1.82) is 0 Å². The Morgan fingerprint density at radius 1 is 0.971 bits per heavy atom. The van der Waals surface area contributed by atoms with Crippen molar-refractivity contribution in [3.63, 3.8) is 0 Å². The number of carbonyl (C=O) groups is 1. The van der Waals surface area contributed by atoms with Crippen LogP contribution in [0, 0.1) is 0 Å². The number of nitrogens with one attached hydrogen (secondary N) is 1. The van der Waals surface area contributed by atoms with Crippen molar-refractivity contribution >= 4 is 6.09 Å². The van der Waals surface area contributed by atoms with Gasteiger partial charge in [-0.2, -0.15) is 0 Å². The molecule has 1 aliphatic heterocycles. The molecule has 1 heterocycles. The molecule has 1 saturated heterocycles. The zero-order chi connectivity index (χ0) is 24.1. The molecule has 1 unspecified atom stereocenters. The zero-order valence-electron chi connectivity index (χ0n) is 20.7. The molecular weight excluding hydrogens is 420 g/mol. The van der Waals surface area contributed by atoms with E-state index in [0.717, 1.165) is 12.8 Å². The number of ether oxygens (including phenoxy) is 1. The number of likely N-dealkylation sites (tertiary alicyclic amines) is 1. The van der Waals surface area contributed by atoms with Crippen LogP contribution < -0.4 is 5.32 Å². The fourth-order valence-electron chi connectivity index (χ4n) is 4.76. The van der Waals surface area contributed by atoms with Gasteiger partial charge in [0.05, 0.1) is 6.04 Å². The molecule has 4 rings (SSSR count). The van der Waals surface area contributed by atoms with Gasteiger partial charge in [0.1, 0.15) is 5.60 Å². The predicted molar refractivity (Wildman–Crippen MR) is 139 cm³/mol. The first-order chi connectivity index (χ1) is 16.3. The predicted octanol–water partition coefficient (Wildman–Crippen LogP) is 6.62. The van der Waals surface area contributed by atoms with Crippen LogP contribution in [0.3, 0.4) is 0 Å². The summed E-state index contributed by atoms with van der Waals surface area (Å²) in [4.78, 5) is 15.1. The van der Waals surface area contributed by atoms with Crippen LogP contribution in [0.15, 0.2) is 84.9 Å². The lowest BCUT2D eigenvalue weighted by Crippen LogP contribution is -2.48. The maximum absolute atomic E-state index is 13.1. The van der Waals surface area contributed by atoms with Crippen LogP contribution in [-0.4, -0.2) is 35.2 Å². The largest absolute Gasteiger partial charge is 0.444 e. The Hall–Kier alpha value is -3.11. The maximum Gasteiger partial charge on any atom is 0.410 e. The smallest absolute Gasteiger partial charge is 0.410 e. The Bertz CT molecular complexity index is 1080. The van der Waals surface area contributed by atoms with E-state index in [0.29, 0.717) is 6.54 Å². The molecule has 0 bridgehead atoms. The Labute approximate surface area is 204 Å².